The molecule has 0 bridgehead atoms. The first-order valence-electron chi connectivity index (χ1n) is 8.84. The van der Waals surface area contributed by atoms with Crippen molar-refractivity contribution < 1.29 is 28.1 Å². The summed E-state index contributed by atoms with van der Waals surface area (Å²) >= 11 is 0. The van der Waals surface area contributed by atoms with Crippen molar-refractivity contribution in [1.82, 2.24) is 9.78 Å². The molecule has 0 aliphatic carbocycles. The minimum absolute atomic E-state index is 0.262. The van der Waals surface area contributed by atoms with Gasteiger partial charge in [0.1, 0.15) is 5.75 Å². The molecule has 4 aromatic rings. The zero-order valence-electron chi connectivity index (χ0n) is 15.3. The standard InChI is InChI=1S/C22H15F3N2O3/c23-22(24,25)30-17-9-7-16(8-10-17)27-19(15-6-11-20(28)21(29)12-15)13-18(26-27)14-4-2-1-3-5-14/h1-13,28-29H. The Balaban J connectivity index is 1.81. The van der Waals surface area contributed by atoms with E-state index in [4.69, 9.17) is 0 Å². The molecule has 2 N–H and O–H groups in total. The van der Waals surface area contributed by atoms with Crippen molar-refractivity contribution in [2.45, 2.75) is 6.36 Å². The van der Waals surface area contributed by atoms with Gasteiger partial charge in [0.25, 0.3) is 0 Å². The van der Waals surface area contributed by atoms with Crippen LogP contribution in [0.4, 0.5) is 13.2 Å². The molecule has 0 aliphatic rings. The molecule has 1 aromatic heterocycles. The maximum atomic E-state index is 12.4. The highest BCUT2D eigenvalue weighted by Crippen LogP contribution is 2.34. The summed E-state index contributed by atoms with van der Waals surface area (Å²) in [5.41, 5.74) is 3.12. The van der Waals surface area contributed by atoms with E-state index in [2.05, 4.69) is 9.84 Å². The molecule has 8 heteroatoms. The van der Waals surface area contributed by atoms with Crippen LogP contribution < -0.4 is 4.74 Å². The molecule has 0 aliphatic heterocycles. The average Bonchev–Trinajstić information content (AvgIpc) is 3.15. The van der Waals surface area contributed by atoms with Crippen molar-refractivity contribution >= 4 is 0 Å². The van der Waals surface area contributed by atoms with Crippen molar-refractivity contribution in [2.75, 3.05) is 0 Å². The zero-order valence-corrected chi connectivity index (χ0v) is 15.3. The van der Waals surface area contributed by atoms with Gasteiger partial charge >= 0.3 is 6.36 Å². The fourth-order valence-electron chi connectivity index (χ4n) is 3.01. The van der Waals surface area contributed by atoms with Crippen molar-refractivity contribution in [1.29, 1.82) is 0 Å². The van der Waals surface area contributed by atoms with Crippen LogP contribution in [0.3, 0.4) is 0 Å². The number of rotatable bonds is 4. The van der Waals surface area contributed by atoms with Gasteiger partial charge in [-0.3, -0.25) is 0 Å². The Bertz CT molecular complexity index is 1170. The fourth-order valence-corrected chi connectivity index (χ4v) is 3.01. The van der Waals surface area contributed by atoms with Crippen molar-refractivity contribution in [3.8, 4) is 45.5 Å². The number of hydrogen-bond acceptors (Lipinski definition) is 4. The van der Waals surface area contributed by atoms with E-state index in [0.717, 1.165) is 5.56 Å². The van der Waals surface area contributed by atoms with Crippen LogP contribution >= 0.6 is 0 Å². The molecule has 0 unspecified atom stereocenters. The van der Waals surface area contributed by atoms with Gasteiger partial charge in [0, 0.05) is 11.1 Å². The third-order valence-corrected chi connectivity index (χ3v) is 4.36. The predicted molar refractivity (Wildman–Crippen MR) is 104 cm³/mol. The molecule has 30 heavy (non-hydrogen) atoms. The summed E-state index contributed by atoms with van der Waals surface area (Å²) in [7, 11) is 0. The zero-order chi connectivity index (χ0) is 21.3. The monoisotopic (exact) mass is 412 g/mol. The van der Waals surface area contributed by atoms with E-state index in [1.807, 2.05) is 30.3 Å². The van der Waals surface area contributed by atoms with Gasteiger partial charge in [-0.05, 0) is 48.5 Å². The van der Waals surface area contributed by atoms with E-state index in [-0.39, 0.29) is 17.2 Å². The van der Waals surface area contributed by atoms with Gasteiger partial charge in [0.2, 0.25) is 0 Å². The van der Waals surface area contributed by atoms with E-state index in [1.165, 1.54) is 36.4 Å². The SMILES string of the molecule is Oc1ccc(-c2cc(-c3ccccc3)nn2-c2ccc(OC(F)(F)F)cc2)cc1O. The van der Waals surface area contributed by atoms with Crippen LogP contribution in [0.5, 0.6) is 17.2 Å². The second-order valence-electron chi connectivity index (χ2n) is 6.44. The lowest BCUT2D eigenvalue weighted by molar-refractivity contribution is -0.274. The fraction of sp³-hybridized carbons (Fsp3) is 0.0455. The van der Waals surface area contributed by atoms with E-state index < -0.39 is 6.36 Å². The molecule has 0 atom stereocenters. The molecule has 0 fully saturated rings. The van der Waals surface area contributed by atoms with E-state index >= 15 is 0 Å². The van der Waals surface area contributed by atoms with Gasteiger partial charge in [-0.2, -0.15) is 5.10 Å². The number of hydrogen-bond donors (Lipinski definition) is 2. The summed E-state index contributed by atoms with van der Waals surface area (Å²) in [5, 5.41) is 24.1. The van der Waals surface area contributed by atoms with Gasteiger partial charge in [-0.1, -0.05) is 30.3 Å². The van der Waals surface area contributed by atoms with Crippen LogP contribution in [0.15, 0.2) is 78.9 Å². The Morgan fingerprint density at radius 3 is 2.10 bits per heavy atom. The lowest BCUT2D eigenvalue weighted by atomic mass is 10.1. The third-order valence-electron chi connectivity index (χ3n) is 4.36. The summed E-state index contributed by atoms with van der Waals surface area (Å²) in [5.74, 6) is -0.900. The summed E-state index contributed by atoms with van der Waals surface area (Å²) in [6.07, 6.45) is -4.78. The Labute approximate surface area is 169 Å². The molecule has 3 aromatic carbocycles. The normalized spacial score (nSPS) is 11.4. The van der Waals surface area contributed by atoms with Crippen LogP contribution in [0, 0.1) is 0 Å². The third kappa shape index (κ3) is 4.07. The van der Waals surface area contributed by atoms with E-state index in [1.54, 1.807) is 16.8 Å². The van der Waals surface area contributed by atoms with Gasteiger partial charge in [0.05, 0.1) is 17.1 Å². The largest absolute Gasteiger partial charge is 0.573 e. The van der Waals surface area contributed by atoms with Crippen LogP contribution in [-0.2, 0) is 0 Å². The van der Waals surface area contributed by atoms with E-state index in [9.17, 15) is 23.4 Å². The van der Waals surface area contributed by atoms with Gasteiger partial charge in [-0.25, -0.2) is 4.68 Å². The second-order valence-corrected chi connectivity index (χ2v) is 6.44. The summed E-state index contributed by atoms with van der Waals surface area (Å²) in [6.45, 7) is 0. The molecule has 0 spiro atoms. The van der Waals surface area contributed by atoms with Crippen LogP contribution in [-0.4, -0.2) is 26.4 Å². The molecular formula is C22H15F3N2O3. The predicted octanol–water partition coefficient (Wildman–Crippen LogP) is 5.52. The maximum Gasteiger partial charge on any atom is 0.573 e. The number of halogens is 3. The lowest BCUT2D eigenvalue weighted by Crippen LogP contribution is -2.17. The number of benzene rings is 3. The number of nitrogens with zero attached hydrogens (tertiary/aromatic N) is 2. The van der Waals surface area contributed by atoms with Crippen molar-refractivity contribution in [2.24, 2.45) is 0 Å². The highest BCUT2D eigenvalue weighted by Gasteiger charge is 2.31. The molecule has 5 nitrogen and oxygen atoms in total. The minimum Gasteiger partial charge on any atom is -0.504 e. The molecule has 0 saturated heterocycles. The number of phenolic OH excluding ortho intramolecular Hbond substituents is 2. The van der Waals surface area contributed by atoms with Crippen molar-refractivity contribution in [3.63, 3.8) is 0 Å². The topological polar surface area (TPSA) is 67.5 Å². The molecule has 0 amide bonds. The first-order chi connectivity index (χ1) is 14.3. The number of aromatic nitrogens is 2. The molecule has 1 heterocycles. The molecule has 0 saturated carbocycles. The molecule has 0 radical (unpaired) electrons. The average molecular weight is 412 g/mol. The van der Waals surface area contributed by atoms with Gasteiger partial charge < -0.3 is 14.9 Å². The Morgan fingerprint density at radius 1 is 0.767 bits per heavy atom. The Morgan fingerprint density at radius 2 is 1.47 bits per heavy atom. The minimum atomic E-state index is -4.78. The molecule has 4 rings (SSSR count). The summed E-state index contributed by atoms with van der Waals surface area (Å²) < 4.78 is 42.8. The Hall–Kier alpha value is -3.94. The second kappa shape index (κ2) is 7.47. The summed E-state index contributed by atoms with van der Waals surface area (Å²) in [6, 6.07) is 20.8. The summed E-state index contributed by atoms with van der Waals surface area (Å²) in [4.78, 5) is 0. The lowest BCUT2D eigenvalue weighted by Gasteiger charge is -2.11. The highest BCUT2D eigenvalue weighted by molar-refractivity contribution is 5.72. The number of phenols is 2. The maximum absolute atomic E-state index is 12.4. The van der Waals surface area contributed by atoms with Crippen LogP contribution in [0.2, 0.25) is 0 Å². The van der Waals surface area contributed by atoms with Crippen molar-refractivity contribution in [3.05, 3.63) is 78.9 Å². The first-order valence-corrected chi connectivity index (χ1v) is 8.84. The Kier molecular flexibility index (Phi) is 4.83. The highest BCUT2D eigenvalue weighted by atomic mass is 19.4. The van der Waals surface area contributed by atoms with E-state index in [0.29, 0.717) is 22.6 Å². The number of aromatic hydroxyl groups is 2. The number of alkyl halides is 3. The van der Waals surface area contributed by atoms with Crippen LogP contribution in [0.25, 0.3) is 28.2 Å². The quantitative estimate of drug-likeness (QED) is 0.434. The number of ether oxygens (including phenoxy) is 1. The molecule has 152 valence electrons. The first kappa shape index (κ1) is 19.4. The molecular weight excluding hydrogens is 397 g/mol. The van der Waals surface area contributed by atoms with Gasteiger partial charge in [0.15, 0.2) is 11.5 Å². The smallest absolute Gasteiger partial charge is 0.504 e. The van der Waals surface area contributed by atoms with Crippen LogP contribution in [0.1, 0.15) is 0 Å². The van der Waals surface area contributed by atoms with Gasteiger partial charge in [-0.15, -0.1) is 13.2 Å².